The molecule has 0 aliphatic heterocycles. The molecule has 0 aliphatic carbocycles. The number of carbonyl (C=O) groups excluding carboxylic acids is 3. The van der Waals surface area contributed by atoms with E-state index in [1.807, 2.05) is 0 Å². The van der Waals surface area contributed by atoms with Gasteiger partial charge in [0.2, 0.25) is 0 Å². The van der Waals surface area contributed by atoms with Gasteiger partial charge in [0.05, 0.1) is 19.8 Å². The largest absolute Gasteiger partial charge is 0.472 e. The Bertz CT molecular complexity index is 1580. The minimum Gasteiger partial charge on any atom is -0.462 e. The normalized spacial score (nSPS) is 14.1. The fraction of sp³-hybridized carbons (Fsp3) is 0.683. The summed E-state index contributed by atoms with van der Waals surface area (Å²) in [6, 6.07) is 0. The first-order chi connectivity index (χ1) is 35.2. The smallest absolute Gasteiger partial charge is 0.462 e. The van der Waals surface area contributed by atoms with E-state index in [0.717, 1.165) is 161 Å². The van der Waals surface area contributed by atoms with Crippen molar-refractivity contribution < 1.29 is 52.2 Å². The van der Waals surface area contributed by atoms with Crippen molar-refractivity contribution in [3.8, 4) is 0 Å². The maximum atomic E-state index is 12.9. The number of carbonyl (C=O) groups is 3. The number of hydrogen-bond donors (Lipinski definition) is 2. The van der Waals surface area contributed by atoms with Crippen LogP contribution in [-0.4, -0.2) is 66.5 Å². The Kier molecular flexibility index (Phi) is 51.0. The van der Waals surface area contributed by atoms with E-state index in [4.69, 9.17) is 23.3 Å². The molecule has 0 aromatic carbocycles. The lowest BCUT2D eigenvalue weighted by atomic mass is 10.1. The number of esters is 3. The van der Waals surface area contributed by atoms with Gasteiger partial charge in [0.1, 0.15) is 12.7 Å². The maximum absolute atomic E-state index is 12.9. The van der Waals surface area contributed by atoms with Gasteiger partial charge in [0, 0.05) is 19.3 Å². The number of allylic oxidation sites excluding steroid dienone is 16. The molecule has 0 radical (unpaired) electrons. The molecular formula is C60H101O11P. The van der Waals surface area contributed by atoms with Crippen LogP contribution in [-0.2, 0) is 42.2 Å². The Morgan fingerprint density at radius 3 is 1.11 bits per heavy atom. The predicted octanol–water partition coefficient (Wildman–Crippen LogP) is 16.5. The highest BCUT2D eigenvalue weighted by atomic mass is 31.2. The quantitative estimate of drug-likeness (QED) is 0.0197. The summed E-state index contributed by atoms with van der Waals surface area (Å²) in [5.41, 5.74) is 0. The second kappa shape index (κ2) is 53.7. The number of aliphatic hydroxyl groups is 1. The van der Waals surface area contributed by atoms with Crippen LogP contribution in [0.4, 0.5) is 0 Å². The zero-order chi connectivity index (χ0) is 52.7. The fourth-order valence-corrected chi connectivity index (χ4v) is 8.03. The summed E-state index contributed by atoms with van der Waals surface area (Å²) in [5, 5.41) is 9.80. The molecule has 412 valence electrons. The van der Waals surface area contributed by atoms with Crippen LogP contribution in [0.25, 0.3) is 0 Å². The third-order valence-corrected chi connectivity index (χ3v) is 12.4. The van der Waals surface area contributed by atoms with Gasteiger partial charge in [0.25, 0.3) is 0 Å². The van der Waals surface area contributed by atoms with Crippen LogP contribution < -0.4 is 0 Å². The Morgan fingerprint density at radius 2 is 0.722 bits per heavy atom. The lowest BCUT2D eigenvalue weighted by Crippen LogP contribution is -2.30. The number of phosphoric acid groups is 1. The standard InChI is InChI=1S/C60H101O11P/c1-4-7-10-13-16-19-22-25-27-28-30-33-36-39-42-45-48-51-60(64)71-57(53-67-58(62)49-46-43-40-37-34-32-29-26-23-20-17-14-11-8-5-2)55-69-72(65,66)68-54-56(52-61)70-59(63)50-47-44-41-38-35-31-24-21-18-15-12-9-6-3/h7-8,10-12,15-17,19-21,24-27,29,56-57,61H,4-6,9,13-14,18,22-23,28,30-55H2,1-3H3,(H,65,66)/b10-7-,11-8-,15-12-,19-16-,20-17-,24-21-,27-25-,29-26-. The zero-order valence-corrected chi connectivity index (χ0v) is 46.3. The van der Waals surface area contributed by atoms with Crippen molar-refractivity contribution in [3.05, 3.63) is 97.2 Å². The van der Waals surface area contributed by atoms with Crippen molar-refractivity contribution in [2.75, 3.05) is 26.4 Å². The molecule has 0 amide bonds. The van der Waals surface area contributed by atoms with Crippen LogP contribution in [0.5, 0.6) is 0 Å². The Morgan fingerprint density at radius 1 is 0.403 bits per heavy atom. The number of aliphatic hydroxyl groups excluding tert-OH is 1. The molecule has 72 heavy (non-hydrogen) atoms. The number of phosphoric ester groups is 1. The highest BCUT2D eigenvalue weighted by Crippen LogP contribution is 2.43. The molecule has 0 fully saturated rings. The average molecular weight is 1030 g/mol. The highest BCUT2D eigenvalue weighted by molar-refractivity contribution is 7.47. The van der Waals surface area contributed by atoms with Gasteiger partial charge in [-0.05, 0) is 109 Å². The Balaban J connectivity index is 4.79. The topological polar surface area (TPSA) is 155 Å². The molecule has 0 rings (SSSR count). The SMILES string of the molecule is CC/C=C\C/C=C\C/C=C\CCCCCCCCCC(=O)OC(COC(=O)CCCCCCC/C=C\C/C=C\C/C=C\CC)COP(=O)(O)OCC(CO)OC(=O)CCCCCCC/C=C\C/C=C\CCC. The van der Waals surface area contributed by atoms with Crippen LogP contribution in [0.15, 0.2) is 97.2 Å². The van der Waals surface area contributed by atoms with Crippen molar-refractivity contribution in [3.63, 3.8) is 0 Å². The lowest BCUT2D eigenvalue weighted by molar-refractivity contribution is -0.161. The summed E-state index contributed by atoms with van der Waals surface area (Å²) in [6.45, 7) is 4.30. The minimum absolute atomic E-state index is 0.147. The van der Waals surface area contributed by atoms with Gasteiger partial charge in [0.15, 0.2) is 6.10 Å². The summed E-state index contributed by atoms with van der Waals surface area (Å²) in [4.78, 5) is 48.5. The zero-order valence-electron chi connectivity index (χ0n) is 45.4. The first kappa shape index (κ1) is 68.4. The minimum atomic E-state index is -4.76. The summed E-state index contributed by atoms with van der Waals surface area (Å²) in [5.74, 6) is -1.52. The average Bonchev–Trinajstić information content (AvgIpc) is 3.37. The molecule has 0 saturated carbocycles. The monoisotopic (exact) mass is 1030 g/mol. The molecule has 0 heterocycles. The molecule has 0 aromatic rings. The maximum Gasteiger partial charge on any atom is 0.472 e. The Labute approximate surface area is 438 Å². The van der Waals surface area contributed by atoms with Gasteiger partial charge >= 0.3 is 25.7 Å². The summed E-state index contributed by atoms with van der Waals surface area (Å²) >= 11 is 0. The fourth-order valence-electron chi connectivity index (χ4n) is 7.25. The first-order valence-corrected chi connectivity index (χ1v) is 29.6. The molecule has 0 bridgehead atoms. The van der Waals surface area contributed by atoms with Gasteiger partial charge in [-0.2, -0.15) is 0 Å². The van der Waals surface area contributed by atoms with Crippen molar-refractivity contribution in [2.45, 2.75) is 238 Å². The van der Waals surface area contributed by atoms with Crippen molar-refractivity contribution >= 4 is 25.7 Å². The molecule has 12 heteroatoms. The van der Waals surface area contributed by atoms with Gasteiger partial charge in [-0.15, -0.1) is 0 Å². The first-order valence-electron chi connectivity index (χ1n) is 28.1. The molecule has 11 nitrogen and oxygen atoms in total. The predicted molar refractivity (Wildman–Crippen MR) is 297 cm³/mol. The van der Waals surface area contributed by atoms with Crippen molar-refractivity contribution in [1.29, 1.82) is 0 Å². The van der Waals surface area contributed by atoms with Gasteiger partial charge in [-0.25, -0.2) is 4.57 Å². The van der Waals surface area contributed by atoms with E-state index in [1.54, 1.807) is 0 Å². The number of rotatable bonds is 51. The van der Waals surface area contributed by atoms with E-state index in [1.165, 1.54) is 6.42 Å². The van der Waals surface area contributed by atoms with Crippen LogP contribution in [0.2, 0.25) is 0 Å². The molecular weight excluding hydrogens is 928 g/mol. The van der Waals surface area contributed by atoms with Gasteiger partial charge in [-0.3, -0.25) is 23.4 Å². The molecule has 3 unspecified atom stereocenters. The third-order valence-electron chi connectivity index (χ3n) is 11.5. The second-order valence-electron chi connectivity index (χ2n) is 18.3. The summed E-state index contributed by atoms with van der Waals surface area (Å²) in [7, 11) is -4.76. The van der Waals surface area contributed by atoms with Gasteiger partial charge in [-0.1, -0.05) is 195 Å². The van der Waals surface area contributed by atoms with E-state index in [0.29, 0.717) is 19.3 Å². The van der Waals surface area contributed by atoms with E-state index in [2.05, 4.69) is 118 Å². The van der Waals surface area contributed by atoms with Crippen LogP contribution in [0.3, 0.4) is 0 Å². The highest BCUT2D eigenvalue weighted by Gasteiger charge is 2.28. The molecule has 0 aliphatic rings. The van der Waals surface area contributed by atoms with Crippen LogP contribution >= 0.6 is 7.82 Å². The number of hydrogen-bond acceptors (Lipinski definition) is 10. The van der Waals surface area contributed by atoms with Gasteiger partial charge < -0.3 is 24.2 Å². The summed E-state index contributed by atoms with van der Waals surface area (Å²) < 4.78 is 39.5. The summed E-state index contributed by atoms with van der Waals surface area (Å²) in [6.07, 6.45) is 62.2. The Hall–Kier alpha value is -3.60. The third kappa shape index (κ3) is 51.3. The van der Waals surface area contributed by atoms with Crippen LogP contribution in [0, 0.1) is 0 Å². The van der Waals surface area contributed by atoms with Crippen molar-refractivity contribution in [2.24, 2.45) is 0 Å². The lowest BCUT2D eigenvalue weighted by Gasteiger charge is -2.21. The van der Waals surface area contributed by atoms with E-state index < -0.39 is 57.8 Å². The van der Waals surface area contributed by atoms with E-state index in [9.17, 15) is 28.9 Å². The molecule has 0 spiro atoms. The number of unbranched alkanes of at least 4 members (excludes halogenated alkanes) is 18. The molecule has 0 saturated heterocycles. The van der Waals surface area contributed by atoms with Crippen LogP contribution in [0.1, 0.15) is 226 Å². The van der Waals surface area contributed by atoms with E-state index in [-0.39, 0.29) is 25.9 Å². The number of ether oxygens (including phenoxy) is 3. The molecule has 3 atom stereocenters. The second-order valence-corrected chi connectivity index (χ2v) is 19.8. The van der Waals surface area contributed by atoms with Crippen molar-refractivity contribution in [1.82, 2.24) is 0 Å². The van der Waals surface area contributed by atoms with E-state index >= 15 is 0 Å². The molecule has 0 aromatic heterocycles. The molecule has 2 N–H and O–H groups in total.